The number of sulfonamides is 1. The molecule has 1 unspecified atom stereocenters. The molecule has 0 amide bonds. The molecule has 1 atom stereocenters. The van der Waals surface area contributed by atoms with Crippen LogP contribution in [0.25, 0.3) is 0 Å². The van der Waals surface area contributed by atoms with Gasteiger partial charge in [0.15, 0.2) is 4.90 Å². The maximum atomic E-state index is 13.9. The van der Waals surface area contributed by atoms with Crippen molar-refractivity contribution in [2.24, 2.45) is 11.7 Å². The summed E-state index contributed by atoms with van der Waals surface area (Å²) < 4.78 is 41.3. The molecule has 0 spiro atoms. The number of benzene rings is 1. The summed E-state index contributed by atoms with van der Waals surface area (Å²) in [6.07, 6.45) is 4.75. The zero-order valence-corrected chi connectivity index (χ0v) is 14.6. The van der Waals surface area contributed by atoms with Crippen molar-refractivity contribution in [1.29, 1.82) is 0 Å². The van der Waals surface area contributed by atoms with Crippen LogP contribution >= 0.6 is 12.4 Å². The molecule has 0 radical (unpaired) electrons. The van der Waals surface area contributed by atoms with Crippen molar-refractivity contribution in [3.8, 4) is 0 Å². The molecule has 2 rings (SSSR count). The standard InChI is InChI=1S/C14H20FN3O4S.ClH/c15-11-7-4-8-13(18(19)20)14(11)23(21,22)17-12(9-16)10-5-2-1-3-6-10;/h4,7-8,10,12,17H,1-3,5-6,9,16H2;1H. The fraction of sp³-hybridized carbons (Fsp3) is 0.571. The first-order chi connectivity index (χ1) is 10.9. The van der Waals surface area contributed by atoms with Crippen LogP contribution in [0.3, 0.4) is 0 Å². The van der Waals surface area contributed by atoms with Crippen LogP contribution in [0.5, 0.6) is 0 Å². The van der Waals surface area contributed by atoms with E-state index < -0.39 is 37.4 Å². The van der Waals surface area contributed by atoms with E-state index in [2.05, 4.69) is 4.72 Å². The summed E-state index contributed by atoms with van der Waals surface area (Å²) in [6, 6.07) is 2.41. The molecule has 136 valence electrons. The first-order valence-electron chi connectivity index (χ1n) is 7.52. The summed E-state index contributed by atoms with van der Waals surface area (Å²) in [5.74, 6) is -1.08. The highest BCUT2D eigenvalue weighted by molar-refractivity contribution is 7.89. The van der Waals surface area contributed by atoms with Gasteiger partial charge in [0.1, 0.15) is 5.82 Å². The van der Waals surface area contributed by atoms with Gasteiger partial charge >= 0.3 is 0 Å². The molecular formula is C14H21ClFN3O4S. The second-order valence-electron chi connectivity index (χ2n) is 5.71. The van der Waals surface area contributed by atoms with E-state index in [1.165, 1.54) is 0 Å². The Balaban J connectivity index is 0.00000288. The van der Waals surface area contributed by atoms with Crippen molar-refractivity contribution in [1.82, 2.24) is 4.72 Å². The predicted octanol–water partition coefficient (Wildman–Crippen LogP) is 2.34. The second-order valence-corrected chi connectivity index (χ2v) is 7.36. The molecule has 3 N–H and O–H groups in total. The number of nitrogens with zero attached hydrogens (tertiary/aromatic N) is 1. The SMILES string of the molecule is Cl.NCC(NS(=O)(=O)c1c(F)cccc1[N+](=O)[O-])C1CCCCC1. The van der Waals surface area contributed by atoms with E-state index in [1.807, 2.05) is 0 Å². The Morgan fingerprint density at radius 1 is 1.33 bits per heavy atom. The van der Waals surface area contributed by atoms with E-state index in [-0.39, 0.29) is 24.9 Å². The largest absolute Gasteiger partial charge is 0.329 e. The smallest absolute Gasteiger partial charge is 0.292 e. The molecule has 1 saturated carbocycles. The van der Waals surface area contributed by atoms with Gasteiger partial charge in [-0.2, -0.15) is 0 Å². The van der Waals surface area contributed by atoms with Crippen LogP contribution in [-0.2, 0) is 10.0 Å². The molecule has 1 fully saturated rings. The van der Waals surface area contributed by atoms with Crippen molar-refractivity contribution in [3.05, 3.63) is 34.1 Å². The molecule has 1 aliphatic carbocycles. The third kappa shape index (κ3) is 4.62. The van der Waals surface area contributed by atoms with Gasteiger partial charge in [-0.25, -0.2) is 17.5 Å². The molecule has 1 aromatic carbocycles. The Morgan fingerprint density at radius 2 is 1.96 bits per heavy atom. The summed E-state index contributed by atoms with van der Waals surface area (Å²) in [6.45, 7) is 0.0617. The minimum absolute atomic E-state index is 0. The van der Waals surface area contributed by atoms with Crippen LogP contribution in [-0.4, -0.2) is 25.9 Å². The highest BCUT2D eigenvalue weighted by Gasteiger charge is 2.33. The number of rotatable bonds is 6. The molecule has 0 aromatic heterocycles. The van der Waals surface area contributed by atoms with E-state index in [0.717, 1.165) is 50.3 Å². The van der Waals surface area contributed by atoms with Gasteiger partial charge in [-0.15, -0.1) is 12.4 Å². The summed E-state index contributed by atoms with van der Waals surface area (Å²) in [4.78, 5) is 9.16. The van der Waals surface area contributed by atoms with Gasteiger partial charge in [0.25, 0.3) is 15.7 Å². The molecule has 24 heavy (non-hydrogen) atoms. The maximum Gasteiger partial charge on any atom is 0.292 e. The van der Waals surface area contributed by atoms with Crippen LogP contribution in [0.4, 0.5) is 10.1 Å². The van der Waals surface area contributed by atoms with E-state index in [0.29, 0.717) is 0 Å². The summed E-state index contributed by atoms with van der Waals surface area (Å²) in [7, 11) is -4.37. The van der Waals surface area contributed by atoms with Gasteiger partial charge in [0.2, 0.25) is 0 Å². The third-order valence-electron chi connectivity index (χ3n) is 4.19. The Bertz CT molecular complexity index is 681. The molecule has 0 heterocycles. The lowest BCUT2D eigenvalue weighted by Crippen LogP contribution is -2.46. The zero-order chi connectivity index (χ0) is 17.0. The predicted molar refractivity (Wildman–Crippen MR) is 90.0 cm³/mol. The minimum Gasteiger partial charge on any atom is -0.329 e. The Kier molecular flexibility index (Phi) is 7.53. The summed E-state index contributed by atoms with van der Waals surface area (Å²) in [5.41, 5.74) is 4.89. The van der Waals surface area contributed by atoms with Crippen molar-refractivity contribution < 1.29 is 17.7 Å². The maximum absolute atomic E-state index is 13.9. The fourth-order valence-corrected chi connectivity index (χ4v) is 4.59. The monoisotopic (exact) mass is 381 g/mol. The quantitative estimate of drug-likeness (QED) is 0.579. The van der Waals surface area contributed by atoms with Gasteiger partial charge in [0, 0.05) is 18.7 Å². The van der Waals surface area contributed by atoms with Crippen molar-refractivity contribution in [3.63, 3.8) is 0 Å². The Hall–Kier alpha value is -1.29. The average Bonchev–Trinajstić information content (AvgIpc) is 2.53. The van der Waals surface area contributed by atoms with E-state index in [9.17, 15) is 22.9 Å². The second kappa shape index (κ2) is 8.70. The Morgan fingerprint density at radius 3 is 2.50 bits per heavy atom. The number of nitro benzene ring substituents is 1. The first-order valence-corrected chi connectivity index (χ1v) is 9.00. The van der Waals surface area contributed by atoms with Crippen molar-refractivity contribution >= 4 is 28.1 Å². The molecule has 10 heteroatoms. The van der Waals surface area contributed by atoms with Crippen molar-refractivity contribution in [2.45, 2.75) is 43.0 Å². The van der Waals surface area contributed by atoms with E-state index >= 15 is 0 Å². The molecule has 7 nitrogen and oxygen atoms in total. The molecule has 1 aromatic rings. The molecule has 0 saturated heterocycles. The lowest BCUT2D eigenvalue weighted by Gasteiger charge is -2.29. The lowest BCUT2D eigenvalue weighted by molar-refractivity contribution is -0.388. The van der Waals surface area contributed by atoms with Crippen LogP contribution < -0.4 is 10.5 Å². The van der Waals surface area contributed by atoms with Crippen LogP contribution in [0.15, 0.2) is 23.1 Å². The van der Waals surface area contributed by atoms with Crippen LogP contribution in [0.2, 0.25) is 0 Å². The molecule has 1 aliphatic rings. The van der Waals surface area contributed by atoms with Gasteiger partial charge in [-0.1, -0.05) is 25.3 Å². The highest BCUT2D eigenvalue weighted by Crippen LogP contribution is 2.29. The number of nitrogens with one attached hydrogen (secondary N) is 1. The van der Waals surface area contributed by atoms with Crippen LogP contribution in [0, 0.1) is 21.8 Å². The topological polar surface area (TPSA) is 115 Å². The van der Waals surface area contributed by atoms with Crippen molar-refractivity contribution in [2.75, 3.05) is 6.54 Å². The van der Waals surface area contributed by atoms with Gasteiger partial charge < -0.3 is 5.73 Å². The Labute approximate surface area is 146 Å². The van der Waals surface area contributed by atoms with E-state index in [1.54, 1.807) is 0 Å². The lowest BCUT2D eigenvalue weighted by atomic mass is 9.84. The number of hydrogen-bond acceptors (Lipinski definition) is 5. The van der Waals surface area contributed by atoms with Gasteiger partial charge in [-0.3, -0.25) is 10.1 Å². The zero-order valence-electron chi connectivity index (χ0n) is 13.0. The summed E-state index contributed by atoms with van der Waals surface area (Å²) >= 11 is 0. The third-order valence-corrected chi connectivity index (χ3v) is 5.75. The number of hydrogen-bond donors (Lipinski definition) is 2. The average molecular weight is 382 g/mol. The summed E-state index contributed by atoms with van der Waals surface area (Å²) in [5, 5.41) is 11.0. The van der Waals surface area contributed by atoms with Gasteiger partial charge in [-0.05, 0) is 24.8 Å². The highest BCUT2D eigenvalue weighted by atomic mass is 35.5. The molecule has 0 bridgehead atoms. The fourth-order valence-electron chi connectivity index (χ4n) is 3.04. The number of nitro groups is 1. The van der Waals surface area contributed by atoms with Crippen LogP contribution in [0.1, 0.15) is 32.1 Å². The molecule has 0 aliphatic heterocycles. The van der Waals surface area contributed by atoms with E-state index in [4.69, 9.17) is 5.73 Å². The molecular weight excluding hydrogens is 361 g/mol. The first kappa shape index (κ1) is 20.8. The van der Waals surface area contributed by atoms with Gasteiger partial charge in [0.05, 0.1) is 4.92 Å². The number of nitrogens with two attached hydrogens (primary N) is 1. The normalized spacial score (nSPS) is 17.1. The minimum atomic E-state index is -4.37. The number of halogens is 2.